The molecule has 108 valence electrons. The summed E-state index contributed by atoms with van der Waals surface area (Å²) in [5, 5.41) is 4.88. The highest BCUT2D eigenvalue weighted by molar-refractivity contribution is 7.18. The lowest BCUT2D eigenvalue weighted by Gasteiger charge is -2.11. The third kappa shape index (κ3) is 2.08. The lowest BCUT2D eigenvalue weighted by molar-refractivity contribution is 0.457. The Morgan fingerprint density at radius 3 is 2.45 bits per heavy atom. The second kappa shape index (κ2) is 4.54. The van der Waals surface area contributed by atoms with E-state index in [0.29, 0.717) is 16.9 Å². The second-order valence-electron chi connectivity index (χ2n) is 7.15. The van der Waals surface area contributed by atoms with Crippen molar-refractivity contribution in [2.45, 2.75) is 40.7 Å². The number of nitrogens with zero attached hydrogens (tertiary/aromatic N) is 1. The van der Waals surface area contributed by atoms with Crippen molar-refractivity contribution in [2.24, 2.45) is 16.7 Å². The average Bonchev–Trinajstić information content (AvgIpc) is 2.74. The molecule has 1 fully saturated rings. The minimum absolute atomic E-state index is 0.333. The van der Waals surface area contributed by atoms with Crippen molar-refractivity contribution in [1.82, 2.24) is 10.3 Å². The van der Waals surface area contributed by atoms with E-state index < -0.39 is 0 Å². The Morgan fingerprint density at radius 2 is 1.85 bits per heavy atom. The van der Waals surface area contributed by atoms with Crippen LogP contribution in [0.25, 0.3) is 10.2 Å². The predicted octanol–water partition coefficient (Wildman–Crippen LogP) is 4.63. The summed E-state index contributed by atoms with van der Waals surface area (Å²) in [7, 11) is 0. The van der Waals surface area contributed by atoms with E-state index in [-0.39, 0.29) is 0 Å². The first-order chi connectivity index (χ1) is 9.34. The van der Waals surface area contributed by atoms with E-state index in [2.05, 4.69) is 64.2 Å². The normalized spacial score (nSPS) is 22.1. The molecule has 1 aromatic heterocycles. The molecule has 2 nitrogen and oxygen atoms in total. The van der Waals surface area contributed by atoms with Crippen LogP contribution in [-0.2, 0) is 0 Å². The predicted molar refractivity (Wildman–Crippen MR) is 87.1 cm³/mol. The summed E-state index contributed by atoms with van der Waals surface area (Å²) in [4.78, 5) is 4.74. The van der Waals surface area contributed by atoms with Crippen molar-refractivity contribution in [3.8, 4) is 0 Å². The summed E-state index contributed by atoms with van der Waals surface area (Å²) in [6.07, 6.45) is 0. The number of para-hydroxylation sites is 1. The van der Waals surface area contributed by atoms with E-state index in [1.807, 2.05) is 0 Å². The van der Waals surface area contributed by atoms with E-state index in [0.717, 1.165) is 18.0 Å². The molecule has 0 spiro atoms. The molecule has 0 aliphatic heterocycles. The lowest BCUT2D eigenvalue weighted by atomic mass is 10.0. The molecule has 0 amide bonds. The maximum absolute atomic E-state index is 4.74. The minimum atomic E-state index is 0.333. The van der Waals surface area contributed by atoms with Gasteiger partial charge in [-0.15, -0.1) is 11.3 Å². The molecule has 0 saturated heterocycles. The van der Waals surface area contributed by atoms with Crippen LogP contribution in [0.2, 0.25) is 0 Å². The molecule has 20 heavy (non-hydrogen) atoms. The molecule has 0 bridgehead atoms. The van der Waals surface area contributed by atoms with Gasteiger partial charge in [-0.2, -0.15) is 0 Å². The molecule has 1 unspecified atom stereocenters. The van der Waals surface area contributed by atoms with Crippen LogP contribution in [0.15, 0.2) is 24.3 Å². The van der Waals surface area contributed by atoms with Crippen molar-refractivity contribution < 1.29 is 0 Å². The Hall–Kier alpha value is -0.930. The van der Waals surface area contributed by atoms with Crippen LogP contribution in [-0.4, -0.2) is 11.5 Å². The van der Waals surface area contributed by atoms with E-state index in [4.69, 9.17) is 4.98 Å². The van der Waals surface area contributed by atoms with Gasteiger partial charge in [0.25, 0.3) is 0 Å². The number of thiazole rings is 1. The van der Waals surface area contributed by atoms with Crippen molar-refractivity contribution in [2.75, 3.05) is 6.54 Å². The average molecular weight is 288 g/mol. The molecule has 0 radical (unpaired) electrons. The molecule has 2 aromatic rings. The Balaban J connectivity index is 1.67. The number of hydrogen-bond donors (Lipinski definition) is 1. The monoisotopic (exact) mass is 288 g/mol. The number of fused-ring (bicyclic) bond motifs is 1. The first-order valence-corrected chi connectivity index (χ1v) is 8.24. The van der Waals surface area contributed by atoms with Gasteiger partial charge in [0.15, 0.2) is 0 Å². The molecule has 1 aliphatic carbocycles. The second-order valence-corrected chi connectivity index (χ2v) is 8.21. The lowest BCUT2D eigenvalue weighted by Crippen LogP contribution is -2.22. The van der Waals surface area contributed by atoms with Crippen LogP contribution in [0.3, 0.4) is 0 Å². The molecule has 3 rings (SSSR count). The molecule has 3 heteroatoms. The van der Waals surface area contributed by atoms with Gasteiger partial charge in [0, 0.05) is 0 Å². The van der Waals surface area contributed by atoms with Crippen LogP contribution in [0, 0.1) is 16.7 Å². The van der Waals surface area contributed by atoms with E-state index >= 15 is 0 Å². The highest BCUT2D eigenvalue weighted by Gasteiger charge is 2.63. The summed E-state index contributed by atoms with van der Waals surface area (Å²) < 4.78 is 1.28. The van der Waals surface area contributed by atoms with Gasteiger partial charge in [0.05, 0.1) is 16.3 Å². The van der Waals surface area contributed by atoms with Crippen LogP contribution in [0.4, 0.5) is 0 Å². The summed E-state index contributed by atoms with van der Waals surface area (Å²) in [5.74, 6) is 0.756. The molecular formula is C17H24N2S. The number of nitrogens with one attached hydrogen (secondary N) is 1. The smallest absolute Gasteiger partial charge is 0.111 e. The molecule has 1 atom stereocenters. The minimum Gasteiger partial charge on any atom is -0.308 e. The summed E-state index contributed by atoms with van der Waals surface area (Å²) >= 11 is 1.80. The van der Waals surface area contributed by atoms with Crippen molar-refractivity contribution in [1.29, 1.82) is 0 Å². The number of rotatable bonds is 4. The SMILES string of the molecule is CC(NCC1C(C)(C)C1(C)C)c1nc2ccccc2s1. The third-order valence-electron chi connectivity index (χ3n) is 5.63. The largest absolute Gasteiger partial charge is 0.308 e. The number of benzene rings is 1. The molecule has 1 saturated carbocycles. The van der Waals surface area contributed by atoms with Gasteiger partial charge in [-0.25, -0.2) is 4.98 Å². The summed E-state index contributed by atoms with van der Waals surface area (Å²) in [5.41, 5.74) is 2.02. The maximum atomic E-state index is 4.74. The van der Waals surface area contributed by atoms with Gasteiger partial charge in [0.2, 0.25) is 0 Å². The van der Waals surface area contributed by atoms with Crippen LogP contribution < -0.4 is 5.32 Å². The van der Waals surface area contributed by atoms with Gasteiger partial charge in [-0.1, -0.05) is 39.8 Å². The fourth-order valence-corrected chi connectivity index (χ4v) is 4.29. The fraction of sp³-hybridized carbons (Fsp3) is 0.588. The first-order valence-electron chi connectivity index (χ1n) is 7.43. The van der Waals surface area contributed by atoms with E-state index in [1.165, 1.54) is 9.71 Å². The zero-order valence-electron chi connectivity index (χ0n) is 13.0. The van der Waals surface area contributed by atoms with Crippen molar-refractivity contribution >= 4 is 21.6 Å². The van der Waals surface area contributed by atoms with Crippen molar-refractivity contribution in [3.05, 3.63) is 29.3 Å². The van der Waals surface area contributed by atoms with Crippen LogP contribution >= 0.6 is 11.3 Å². The Labute approximate surface area is 125 Å². The molecule has 1 N–H and O–H groups in total. The fourth-order valence-electron chi connectivity index (χ4n) is 3.30. The standard InChI is InChI=1S/C17H24N2S/c1-11(18-10-14-16(2,3)17(14,4)5)15-19-12-8-6-7-9-13(12)20-15/h6-9,11,14,18H,10H2,1-5H3. The Morgan fingerprint density at radius 1 is 1.20 bits per heavy atom. The molecule has 1 heterocycles. The number of aromatic nitrogens is 1. The molecule has 1 aliphatic rings. The van der Waals surface area contributed by atoms with Gasteiger partial charge >= 0.3 is 0 Å². The molecule has 1 aromatic carbocycles. The zero-order chi connectivity index (χ0) is 14.5. The van der Waals surface area contributed by atoms with Gasteiger partial charge in [-0.3, -0.25) is 0 Å². The first kappa shape index (κ1) is 14.0. The van der Waals surface area contributed by atoms with Gasteiger partial charge in [0.1, 0.15) is 5.01 Å². The summed E-state index contributed by atoms with van der Waals surface area (Å²) in [6.45, 7) is 12.8. The highest BCUT2D eigenvalue weighted by atomic mass is 32.1. The van der Waals surface area contributed by atoms with Gasteiger partial charge in [-0.05, 0) is 42.3 Å². The quantitative estimate of drug-likeness (QED) is 0.887. The van der Waals surface area contributed by atoms with E-state index in [1.54, 1.807) is 11.3 Å². The third-order valence-corrected chi connectivity index (χ3v) is 6.85. The number of hydrogen-bond acceptors (Lipinski definition) is 3. The maximum Gasteiger partial charge on any atom is 0.111 e. The zero-order valence-corrected chi connectivity index (χ0v) is 13.8. The van der Waals surface area contributed by atoms with Crippen LogP contribution in [0.1, 0.15) is 45.7 Å². The highest BCUT2D eigenvalue weighted by Crippen LogP contribution is 2.68. The van der Waals surface area contributed by atoms with Gasteiger partial charge < -0.3 is 5.32 Å². The topological polar surface area (TPSA) is 24.9 Å². The Bertz CT molecular complexity index is 580. The Kier molecular flexibility index (Phi) is 3.18. The summed E-state index contributed by atoms with van der Waals surface area (Å²) in [6, 6.07) is 8.71. The molecular weight excluding hydrogens is 264 g/mol. The van der Waals surface area contributed by atoms with E-state index in [9.17, 15) is 0 Å². The van der Waals surface area contributed by atoms with Crippen LogP contribution in [0.5, 0.6) is 0 Å². The van der Waals surface area contributed by atoms with Crippen molar-refractivity contribution in [3.63, 3.8) is 0 Å².